The third-order valence-corrected chi connectivity index (χ3v) is 5.12. The SMILES string of the molecule is CN(CCS(C)(=O)=O)S(=O)(=O)c1cccc(N)c1. The third-order valence-electron chi connectivity index (χ3n) is 2.34. The van der Waals surface area contributed by atoms with E-state index in [4.69, 9.17) is 5.73 Å². The normalized spacial score (nSPS) is 12.8. The molecule has 0 saturated heterocycles. The number of sulfonamides is 1. The Balaban J connectivity index is 2.93. The highest BCUT2D eigenvalue weighted by Crippen LogP contribution is 2.16. The lowest BCUT2D eigenvalue weighted by molar-refractivity contribution is 0.485. The monoisotopic (exact) mass is 292 g/mol. The predicted octanol–water partition coefficient (Wildman–Crippen LogP) is -0.0661. The topological polar surface area (TPSA) is 97.5 Å². The van der Waals surface area contributed by atoms with Crippen molar-refractivity contribution in [1.82, 2.24) is 4.31 Å². The van der Waals surface area contributed by atoms with E-state index >= 15 is 0 Å². The van der Waals surface area contributed by atoms with Gasteiger partial charge in [0.25, 0.3) is 0 Å². The molecule has 0 bridgehead atoms. The fraction of sp³-hybridized carbons (Fsp3) is 0.400. The predicted molar refractivity (Wildman–Crippen MR) is 70.4 cm³/mol. The number of benzene rings is 1. The Morgan fingerprint density at radius 2 is 1.83 bits per heavy atom. The molecule has 0 radical (unpaired) electrons. The zero-order chi connectivity index (χ0) is 14.0. The van der Waals surface area contributed by atoms with Crippen LogP contribution in [0.4, 0.5) is 5.69 Å². The van der Waals surface area contributed by atoms with Gasteiger partial charge >= 0.3 is 0 Å². The number of nitrogen functional groups attached to an aromatic ring is 1. The van der Waals surface area contributed by atoms with E-state index in [-0.39, 0.29) is 17.2 Å². The molecule has 8 heteroatoms. The lowest BCUT2D eigenvalue weighted by Crippen LogP contribution is -2.31. The molecule has 0 amide bonds. The number of nitrogens with two attached hydrogens (primary N) is 1. The van der Waals surface area contributed by atoms with Gasteiger partial charge in [-0.15, -0.1) is 0 Å². The van der Waals surface area contributed by atoms with Gasteiger partial charge < -0.3 is 5.73 Å². The molecule has 0 saturated carbocycles. The molecule has 6 nitrogen and oxygen atoms in total. The van der Waals surface area contributed by atoms with Crippen molar-refractivity contribution >= 4 is 25.5 Å². The Morgan fingerprint density at radius 1 is 1.22 bits per heavy atom. The smallest absolute Gasteiger partial charge is 0.242 e. The van der Waals surface area contributed by atoms with Gasteiger partial charge in [-0.25, -0.2) is 16.8 Å². The zero-order valence-electron chi connectivity index (χ0n) is 10.2. The van der Waals surface area contributed by atoms with Gasteiger partial charge in [0.15, 0.2) is 0 Å². The largest absolute Gasteiger partial charge is 0.399 e. The van der Waals surface area contributed by atoms with Gasteiger partial charge in [0, 0.05) is 25.5 Å². The van der Waals surface area contributed by atoms with Crippen molar-refractivity contribution in [2.24, 2.45) is 0 Å². The summed E-state index contributed by atoms with van der Waals surface area (Å²) in [4.78, 5) is 0.0542. The minimum Gasteiger partial charge on any atom is -0.399 e. The lowest BCUT2D eigenvalue weighted by Gasteiger charge is -2.16. The van der Waals surface area contributed by atoms with Crippen LogP contribution in [-0.2, 0) is 19.9 Å². The van der Waals surface area contributed by atoms with Crippen LogP contribution in [0.5, 0.6) is 0 Å². The summed E-state index contributed by atoms with van der Waals surface area (Å²) in [5, 5.41) is 0. The van der Waals surface area contributed by atoms with Crippen LogP contribution >= 0.6 is 0 Å². The average Bonchev–Trinajstić information content (AvgIpc) is 2.24. The Kier molecular flexibility index (Phi) is 4.36. The molecule has 0 aromatic heterocycles. The molecule has 102 valence electrons. The molecular formula is C10H16N2O4S2. The van der Waals surface area contributed by atoms with Gasteiger partial charge in [0.1, 0.15) is 9.84 Å². The van der Waals surface area contributed by atoms with Crippen LogP contribution in [0, 0.1) is 0 Å². The van der Waals surface area contributed by atoms with E-state index in [1.165, 1.54) is 25.2 Å². The molecule has 0 aliphatic carbocycles. The van der Waals surface area contributed by atoms with Crippen LogP contribution in [0.15, 0.2) is 29.2 Å². The number of hydrogen-bond donors (Lipinski definition) is 1. The first kappa shape index (κ1) is 14.9. The fourth-order valence-electron chi connectivity index (χ4n) is 1.27. The van der Waals surface area contributed by atoms with E-state index in [9.17, 15) is 16.8 Å². The fourth-order valence-corrected chi connectivity index (χ4v) is 3.22. The number of anilines is 1. The van der Waals surface area contributed by atoms with Gasteiger partial charge in [0.2, 0.25) is 10.0 Å². The van der Waals surface area contributed by atoms with Crippen LogP contribution in [-0.4, -0.2) is 46.7 Å². The van der Waals surface area contributed by atoms with E-state index in [0.717, 1.165) is 10.6 Å². The van der Waals surface area contributed by atoms with Crippen LogP contribution in [0.1, 0.15) is 0 Å². The molecule has 1 aromatic rings. The summed E-state index contributed by atoms with van der Waals surface area (Å²) in [5.41, 5.74) is 5.86. The summed E-state index contributed by atoms with van der Waals surface area (Å²) in [6.45, 7) is -0.0873. The summed E-state index contributed by atoms with van der Waals surface area (Å²) in [5.74, 6) is -0.217. The van der Waals surface area contributed by atoms with E-state index in [0.29, 0.717) is 5.69 Å². The summed E-state index contributed by atoms with van der Waals surface area (Å²) >= 11 is 0. The maximum atomic E-state index is 12.1. The summed E-state index contributed by atoms with van der Waals surface area (Å²) in [6, 6.07) is 5.87. The van der Waals surface area contributed by atoms with Crippen LogP contribution in [0.3, 0.4) is 0 Å². The second-order valence-electron chi connectivity index (χ2n) is 4.03. The van der Waals surface area contributed by atoms with Crippen molar-refractivity contribution in [3.05, 3.63) is 24.3 Å². The third kappa shape index (κ3) is 3.97. The minimum atomic E-state index is -3.70. The van der Waals surface area contributed by atoms with Crippen molar-refractivity contribution in [3.8, 4) is 0 Å². The molecule has 0 atom stereocenters. The van der Waals surface area contributed by atoms with E-state index < -0.39 is 19.9 Å². The molecule has 0 unspecified atom stereocenters. The highest BCUT2D eigenvalue weighted by Gasteiger charge is 2.21. The van der Waals surface area contributed by atoms with Crippen LogP contribution < -0.4 is 5.73 Å². The van der Waals surface area contributed by atoms with Gasteiger partial charge in [-0.1, -0.05) is 6.07 Å². The highest BCUT2D eigenvalue weighted by atomic mass is 32.2. The van der Waals surface area contributed by atoms with E-state index in [1.54, 1.807) is 6.07 Å². The number of rotatable bonds is 5. The Morgan fingerprint density at radius 3 is 2.33 bits per heavy atom. The molecule has 0 heterocycles. The van der Waals surface area contributed by atoms with Crippen molar-refractivity contribution in [1.29, 1.82) is 0 Å². The molecule has 0 spiro atoms. The Labute approximate surface area is 107 Å². The zero-order valence-corrected chi connectivity index (χ0v) is 11.8. The molecule has 18 heavy (non-hydrogen) atoms. The maximum absolute atomic E-state index is 12.1. The first-order chi connectivity index (χ1) is 8.13. The first-order valence-electron chi connectivity index (χ1n) is 5.12. The van der Waals surface area contributed by atoms with E-state index in [2.05, 4.69) is 0 Å². The number of sulfone groups is 1. The molecule has 2 N–H and O–H groups in total. The molecular weight excluding hydrogens is 276 g/mol. The quantitative estimate of drug-likeness (QED) is 0.766. The molecule has 0 fully saturated rings. The van der Waals surface area contributed by atoms with E-state index in [1.807, 2.05) is 0 Å². The highest BCUT2D eigenvalue weighted by molar-refractivity contribution is 7.91. The standard InChI is InChI=1S/C10H16N2O4S2/c1-12(6-7-17(2,13)14)18(15,16)10-5-3-4-9(11)8-10/h3-5,8H,6-7,11H2,1-2H3. The summed E-state index contributed by atoms with van der Waals surface area (Å²) in [7, 11) is -5.56. The van der Waals surface area contributed by atoms with Crippen LogP contribution in [0.2, 0.25) is 0 Å². The molecule has 1 rings (SSSR count). The van der Waals surface area contributed by atoms with Crippen molar-refractivity contribution < 1.29 is 16.8 Å². The average molecular weight is 292 g/mol. The minimum absolute atomic E-state index is 0.0542. The van der Waals surface area contributed by atoms with Gasteiger partial charge in [0.05, 0.1) is 10.6 Å². The number of nitrogens with zero attached hydrogens (tertiary/aromatic N) is 1. The van der Waals surface area contributed by atoms with Crippen molar-refractivity contribution in [2.75, 3.05) is 31.3 Å². The lowest BCUT2D eigenvalue weighted by atomic mass is 10.3. The van der Waals surface area contributed by atoms with Crippen LogP contribution in [0.25, 0.3) is 0 Å². The second-order valence-corrected chi connectivity index (χ2v) is 8.33. The molecule has 0 aliphatic heterocycles. The molecule has 0 aliphatic rings. The Hall–Kier alpha value is -1.12. The van der Waals surface area contributed by atoms with Crippen molar-refractivity contribution in [2.45, 2.75) is 4.90 Å². The molecule has 1 aromatic carbocycles. The van der Waals surface area contributed by atoms with Crippen molar-refractivity contribution in [3.63, 3.8) is 0 Å². The maximum Gasteiger partial charge on any atom is 0.242 e. The second kappa shape index (κ2) is 5.25. The first-order valence-corrected chi connectivity index (χ1v) is 8.62. The van der Waals surface area contributed by atoms with Gasteiger partial charge in [-0.2, -0.15) is 4.31 Å². The summed E-state index contributed by atoms with van der Waals surface area (Å²) in [6.07, 6.45) is 1.06. The Bertz CT molecular complexity index is 623. The number of hydrogen-bond acceptors (Lipinski definition) is 5. The van der Waals surface area contributed by atoms with Gasteiger partial charge in [-0.3, -0.25) is 0 Å². The van der Waals surface area contributed by atoms with Gasteiger partial charge in [-0.05, 0) is 18.2 Å². The summed E-state index contributed by atoms with van der Waals surface area (Å²) < 4.78 is 47.2.